The van der Waals surface area contributed by atoms with E-state index in [0.29, 0.717) is 0 Å². The molecule has 5 rings (SSSR count). The van der Waals surface area contributed by atoms with Crippen LogP contribution in [-0.2, 0) is 21.7 Å². The standard InChI is InChI=1S/C32H29Si.3ClH.Ti/c1-24-10-7-15-29(20-24)33(30-16-8-11-25(2)21-30,31-17-9-12-26(3)22-31)32-19-18-28(23-32)27-13-5-4-6-14-27;;;;/h4-18,20-22H,19H2,1-3H3;3*1H;/q-1;;;;+4/p-3. The molecule has 0 N–H and O–H groups in total. The molecule has 0 spiro atoms. The maximum atomic E-state index is 3.94. The fraction of sp³-hybridized carbons (Fsp3) is 0.125. The molecule has 0 bridgehead atoms. The third-order valence-corrected chi connectivity index (χ3v) is 11.5. The fourth-order valence-corrected chi connectivity index (χ4v) is 10.3. The Morgan fingerprint density at radius 3 is 1.41 bits per heavy atom. The number of benzene rings is 4. The zero-order valence-electron chi connectivity index (χ0n) is 21.2. The summed E-state index contributed by atoms with van der Waals surface area (Å²) < 4.78 is 0. The van der Waals surface area contributed by atoms with Gasteiger partial charge in [-0.2, -0.15) is 17.7 Å². The van der Waals surface area contributed by atoms with Crippen LogP contribution >= 0.6 is 0 Å². The Morgan fingerprint density at radius 2 is 1.00 bits per heavy atom. The summed E-state index contributed by atoms with van der Waals surface area (Å²) in [5.74, 6) is 0. The third kappa shape index (κ3) is 6.60. The first kappa shape index (κ1) is 33.2. The van der Waals surface area contributed by atoms with Crippen molar-refractivity contribution in [2.75, 3.05) is 0 Å². The Labute approximate surface area is 256 Å². The smallest absolute Gasteiger partial charge is 1.00 e. The van der Waals surface area contributed by atoms with Crippen LogP contribution in [0.3, 0.4) is 0 Å². The van der Waals surface area contributed by atoms with Gasteiger partial charge in [-0.15, -0.1) is 22.9 Å². The summed E-state index contributed by atoms with van der Waals surface area (Å²) in [6.45, 7) is 6.61. The average Bonchev–Trinajstić information content (AvgIpc) is 3.31. The van der Waals surface area contributed by atoms with E-state index in [0.717, 1.165) is 6.42 Å². The third-order valence-electron chi connectivity index (χ3n) is 6.69. The van der Waals surface area contributed by atoms with Gasteiger partial charge in [-0.3, -0.25) is 0 Å². The molecule has 186 valence electrons. The van der Waals surface area contributed by atoms with Gasteiger partial charge in [-0.05, 0) is 36.3 Å². The van der Waals surface area contributed by atoms with E-state index >= 15 is 0 Å². The number of aryl methyl sites for hydroxylation is 3. The van der Waals surface area contributed by atoms with Gasteiger partial charge in [0.15, 0.2) is 8.07 Å². The molecular weight excluding hydrogens is 567 g/mol. The molecule has 0 aliphatic heterocycles. The van der Waals surface area contributed by atoms with Crippen molar-refractivity contribution in [3.05, 3.63) is 143 Å². The second-order valence-corrected chi connectivity index (χ2v) is 13.0. The van der Waals surface area contributed by atoms with E-state index in [4.69, 9.17) is 0 Å². The molecule has 0 saturated carbocycles. The van der Waals surface area contributed by atoms with E-state index in [1.165, 1.54) is 48.6 Å². The van der Waals surface area contributed by atoms with Crippen molar-refractivity contribution in [3.8, 4) is 0 Å². The van der Waals surface area contributed by atoms with Gasteiger partial charge in [0, 0.05) is 0 Å². The van der Waals surface area contributed by atoms with Crippen LogP contribution in [0.4, 0.5) is 0 Å². The van der Waals surface area contributed by atoms with Crippen molar-refractivity contribution in [3.63, 3.8) is 0 Å². The first-order valence-corrected chi connectivity index (χ1v) is 13.7. The molecule has 0 heterocycles. The summed E-state index contributed by atoms with van der Waals surface area (Å²) in [5, 5.41) is 5.74. The van der Waals surface area contributed by atoms with Gasteiger partial charge in [-0.25, -0.2) is 0 Å². The van der Waals surface area contributed by atoms with Gasteiger partial charge in [0.05, 0.1) is 0 Å². The summed E-state index contributed by atoms with van der Waals surface area (Å²) in [5.41, 5.74) is 6.38. The number of hydrogen-bond acceptors (Lipinski definition) is 0. The number of allylic oxidation sites excluding steroid dienone is 4. The van der Waals surface area contributed by atoms with Crippen molar-refractivity contribution in [1.82, 2.24) is 0 Å². The predicted octanol–water partition coefficient (Wildman–Crippen LogP) is -3.15. The largest absolute Gasteiger partial charge is 4.00 e. The second-order valence-electron chi connectivity index (χ2n) is 9.15. The molecule has 0 aromatic heterocycles. The summed E-state index contributed by atoms with van der Waals surface area (Å²) in [7, 11) is -2.51. The molecule has 0 nitrogen and oxygen atoms in total. The van der Waals surface area contributed by atoms with Crippen LogP contribution in [0.15, 0.2) is 114 Å². The summed E-state index contributed by atoms with van der Waals surface area (Å²) in [6, 6.07) is 38.2. The Hall–Kier alpha value is -1.84. The SMILES string of the molecule is Cc1cccc([Si](C2=[C-]C(c3ccccc3)=CC2)(c2cccc(C)c2)c2cccc(C)c2)c1.[Cl-].[Cl-].[Cl-].[Ti+4]. The molecule has 5 heteroatoms. The van der Waals surface area contributed by atoms with E-state index in [1.807, 2.05) is 0 Å². The molecule has 0 fully saturated rings. The van der Waals surface area contributed by atoms with Crippen LogP contribution in [0.2, 0.25) is 0 Å². The number of rotatable bonds is 5. The van der Waals surface area contributed by atoms with Gasteiger partial charge >= 0.3 is 21.7 Å². The minimum absolute atomic E-state index is 0. The van der Waals surface area contributed by atoms with E-state index in [-0.39, 0.29) is 58.9 Å². The quantitative estimate of drug-likeness (QED) is 0.130. The van der Waals surface area contributed by atoms with Crippen LogP contribution in [0.25, 0.3) is 5.57 Å². The van der Waals surface area contributed by atoms with E-state index in [9.17, 15) is 0 Å². The normalized spacial score (nSPS) is 12.1. The maximum Gasteiger partial charge on any atom is 4.00 e. The second kappa shape index (κ2) is 14.4. The minimum atomic E-state index is -2.51. The van der Waals surface area contributed by atoms with Crippen molar-refractivity contribution >= 4 is 29.2 Å². The maximum absolute atomic E-state index is 3.94. The molecule has 0 saturated heterocycles. The Morgan fingerprint density at radius 1 is 0.568 bits per heavy atom. The van der Waals surface area contributed by atoms with Crippen LogP contribution in [0.5, 0.6) is 0 Å². The van der Waals surface area contributed by atoms with Crippen LogP contribution in [0, 0.1) is 26.8 Å². The van der Waals surface area contributed by atoms with Crippen molar-refractivity contribution < 1.29 is 58.9 Å². The number of hydrogen-bond donors (Lipinski definition) is 0. The summed E-state index contributed by atoms with van der Waals surface area (Å²) in [6.07, 6.45) is 7.25. The summed E-state index contributed by atoms with van der Waals surface area (Å²) >= 11 is 0. The van der Waals surface area contributed by atoms with E-state index < -0.39 is 8.07 Å². The van der Waals surface area contributed by atoms with Gasteiger partial charge < -0.3 is 37.2 Å². The molecule has 0 atom stereocenters. The van der Waals surface area contributed by atoms with Crippen molar-refractivity contribution in [2.24, 2.45) is 0 Å². The zero-order valence-corrected chi connectivity index (χ0v) is 26.1. The zero-order chi connectivity index (χ0) is 22.8. The van der Waals surface area contributed by atoms with Gasteiger partial charge in [0.1, 0.15) is 0 Å². The first-order chi connectivity index (χ1) is 16.1. The van der Waals surface area contributed by atoms with Crippen molar-refractivity contribution in [1.29, 1.82) is 0 Å². The van der Waals surface area contributed by atoms with Gasteiger partial charge in [0.25, 0.3) is 0 Å². The molecule has 0 radical (unpaired) electrons. The van der Waals surface area contributed by atoms with Crippen LogP contribution < -0.4 is 52.8 Å². The average molecular weight is 596 g/mol. The molecule has 4 aromatic carbocycles. The molecule has 1 aliphatic rings. The molecule has 4 aromatic rings. The Balaban J connectivity index is 0.00000171. The topological polar surface area (TPSA) is 0 Å². The molecule has 37 heavy (non-hydrogen) atoms. The van der Waals surface area contributed by atoms with Crippen molar-refractivity contribution in [2.45, 2.75) is 27.2 Å². The van der Waals surface area contributed by atoms with Crippen LogP contribution in [0.1, 0.15) is 28.7 Å². The van der Waals surface area contributed by atoms with Crippen LogP contribution in [-0.4, -0.2) is 8.07 Å². The first-order valence-electron chi connectivity index (χ1n) is 11.7. The predicted molar refractivity (Wildman–Crippen MR) is 144 cm³/mol. The fourth-order valence-electron chi connectivity index (χ4n) is 5.18. The summed E-state index contributed by atoms with van der Waals surface area (Å²) in [4.78, 5) is 0. The van der Waals surface area contributed by atoms with Gasteiger partial charge in [-0.1, -0.05) is 114 Å². The van der Waals surface area contributed by atoms with E-state index in [2.05, 4.69) is 136 Å². The van der Waals surface area contributed by atoms with E-state index in [1.54, 1.807) is 0 Å². The Bertz CT molecular complexity index is 1270. The molecule has 1 aliphatic carbocycles. The minimum Gasteiger partial charge on any atom is -1.00 e. The molecular formula is C32H29Cl3SiTi. The molecule has 0 unspecified atom stereocenters. The monoisotopic (exact) mass is 594 g/mol. The number of halogens is 3. The Kier molecular flexibility index (Phi) is 12.9. The molecule has 0 amide bonds. The van der Waals surface area contributed by atoms with Gasteiger partial charge in [0.2, 0.25) is 0 Å².